The third kappa shape index (κ3) is 3.17. The van der Waals surface area contributed by atoms with Crippen LogP contribution in [-0.4, -0.2) is 59.4 Å². The van der Waals surface area contributed by atoms with Crippen molar-refractivity contribution in [2.24, 2.45) is 0 Å². The highest BCUT2D eigenvalue weighted by atomic mass is 16.5. The first-order valence-electron chi connectivity index (χ1n) is 11.4. The smallest absolute Gasteiger partial charge is 0.246 e. The zero-order chi connectivity index (χ0) is 23.3. The van der Waals surface area contributed by atoms with Crippen molar-refractivity contribution in [3.05, 3.63) is 59.3 Å². The van der Waals surface area contributed by atoms with Crippen LogP contribution in [0.3, 0.4) is 0 Å². The molecule has 33 heavy (non-hydrogen) atoms. The van der Waals surface area contributed by atoms with E-state index in [4.69, 9.17) is 9.47 Å². The molecule has 0 bridgehead atoms. The predicted octanol–water partition coefficient (Wildman–Crippen LogP) is 3.67. The van der Waals surface area contributed by atoms with Crippen molar-refractivity contribution in [3.63, 3.8) is 0 Å². The molecule has 3 heterocycles. The van der Waals surface area contributed by atoms with Crippen molar-refractivity contribution in [1.29, 1.82) is 0 Å². The fraction of sp³-hybridized carbons (Fsp3) is 0.385. The zero-order valence-corrected chi connectivity index (χ0v) is 19.4. The standard InChI is InChI=1S/C26H29N3O4/c1-5-15(2)28-14-22(30)29-20(26(28)31)13-18-16-9-6-7-11-19(16)27-23(18)24(29)17-10-8-12-21(32-3)25(17)33-4/h6-12,15,20,24,27H,5,13-14H2,1-4H3/t15-,20+,24-/m1/s1. The van der Waals surface area contributed by atoms with Gasteiger partial charge in [0.15, 0.2) is 11.5 Å². The Balaban J connectivity index is 1.75. The summed E-state index contributed by atoms with van der Waals surface area (Å²) in [6, 6.07) is 12.7. The summed E-state index contributed by atoms with van der Waals surface area (Å²) in [6.45, 7) is 4.13. The maximum Gasteiger partial charge on any atom is 0.246 e. The molecule has 7 heteroatoms. The van der Waals surface area contributed by atoms with Gasteiger partial charge in [-0.15, -0.1) is 0 Å². The summed E-state index contributed by atoms with van der Waals surface area (Å²) in [4.78, 5) is 34.4. The normalized spacial score (nSPS) is 21.1. The Morgan fingerprint density at radius 2 is 1.88 bits per heavy atom. The van der Waals surface area contributed by atoms with Gasteiger partial charge in [0.25, 0.3) is 0 Å². The summed E-state index contributed by atoms with van der Waals surface area (Å²) >= 11 is 0. The molecular formula is C26H29N3O4. The monoisotopic (exact) mass is 447 g/mol. The second-order valence-electron chi connectivity index (χ2n) is 8.79. The van der Waals surface area contributed by atoms with E-state index in [0.29, 0.717) is 17.9 Å². The van der Waals surface area contributed by atoms with E-state index in [1.165, 1.54) is 0 Å². The number of aromatic nitrogens is 1. The molecular weight excluding hydrogens is 418 g/mol. The van der Waals surface area contributed by atoms with Crippen LogP contribution in [0.25, 0.3) is 10.9 Å². The number of nitrogens with zero attached hydrogens (tertiary/aromatic N) is 2. The SMILES string of the molecule is CC[C@@H](C)N1CC(=O)N2[C@H](c3cccc(OC)c3OC)c3[nH]c4ccccc4c3C[C@H]2C1=O. The topological polar surface area (TPSA) is 74.9 Å². The molecule has 3 aromatic rings. The van der Waals surface area contributed by atoms with Crippen molar-refractivity contribution in [3.8, 4) is 11.5 Å². The number of hydrogen-bond donors (Lipinski definition) is 1. The van der Waals surface area contributed by atoms with E-state index in [9.17, 15) is 9.59 Å². The number of para-hydroxylation sites is 2. The summed E-state index contributed by atoms with van der Waals surface area (Å²) < 4.78 is 11.3. The molecule has 0 aliphatic carbocycles. The van der Waals surface area contributed by atoms with E-state index < -0.39 is 12.1 Å². The van der Waals surface area contributed by atoms with Crippen molar-refractivity contribution in [2.45, 2.75) is 44.8 Å². The number of nitrogens with one attached hydrogen (secondary N) is 1. The van der Waals surface area contributed by atoms with Crippen LogP contribution in [0.4, 0.5) is 0 Å². The minimum Gasteiger partial charge on any atom is -0.493 e. The summed E-state index contributed by atoms with van der Waals surface area (Å²) in [6.07, 6.45) is 1.29. The number of aromatic amines is 1. The van der Waals surface area contributed by atoms with E-state index in [1.807, 2.05) is 50.2 Å². The van der Waals surface area contributed by atoms with Crippen LogP contribution < -0.4 is 9.47 Å². The molecule has 2 aromatic carbocycles. The Morgan fingerprint density at radius 1 is 1.09 bits per heavy atom. The van der Waals surface area contributed by atoms with Gasteiger partial charge in [0, 0.05) is 34.6 Å². The number of benzene rings is 2. The largest absolute Gasteiger partial charge is 0.493 e. The van der Waals surface area contributed by atoms with Gasteiger partial charge in [-0.05, 0) is 31.0 Å². The molecule has 1 N–H and O–H groups in total. The molecule has 1 aromatic heterocycles. The first-order chi connectivity index (χ1) is 16.0. The van der Waals surface area contributed by atoms with Gasteiger partial charge >= 0.3 is 0 Å². The van der Waals surface area contributed by atoms with Crippen LogP contribution in [0.15, 0.2) is 42.5 Å². The fourth-order valence-electron chi connectivity index (χ4n) is 5.33. The van der Waals surface area contributed by atoms with Gasteiger partial charge in [-0.3, -0.25) is 9.59 Å². The second kappa shape index (κ2) is 8.14. The Bertz CT molecular complexity index is 1230. The van der Waals surface area contributed by atoms with Crippen LogP contribution in [-0.2, 0) is 16.0 Å². The number of amides is 2. The Labute approximate surface area is 193 Å². The Hall–Kier alpha value is -3.48. The number of fused-ring (bicyclic) bond motifs is 4. The van der Waals surface area contributed by atoms with Gasteiger partial charge in [-0.25, -0.2) is 0 Å². The number of H-pyrrole nitrogens is 1. The first-order valence-corrected chi connectivity index (χ1v) is 11.4. The molecule has 0 spiro atoms. The van der Waals surface area contributed by atoms with Crippen LogP contribution >= 0.6 is 0 Å². The first kappa shape index (κ1) is 21.4. The lowest BCUT2D eigenvalue weighted by Crippen LogP contribution is -2.64. The molecule has 0 unspecified atom stereocenters. The van der Waals surface area contributed by atoms with Gasteiger partial charge in [0.1, 0.15) is 18.6 Å². The number of hydrogen-bond acceptors (Lipinski definition) is 4. The van der Waals surface area contributed by atoms with E-state index in [2.05, 4.69) is 11.1 Å². The number of piperazine rings is 1. The molecule has 7 nitrogen and oxygen atoms in total. The van der Waals surface area contributed by atoms with Gasteiger partial charge in [0.2, 0.25) is 11.8 Å². The molecule has 2 amide bonds. The zero-order valence-electron chi connectivity index (χ0n) is 19.4. The summed E-state index contributed by atoms with van der Waals surface area (Å²) in [5, 5.41) is 1.08. The van der Waals surface area contributed by atoms with Crippen LogP contribution in [0.2, 0.25) is 0 Å². The molecule has 2 aliphatic rings. The van der Waals surface area contributed by atoms with Crippen molar-refractivity contribution in [1.82, 2.24) is 14.8 Å². The minimum absolute atomic E-state index is 0.00624. The predicted molar refractivity (Wildman–Crippen MR) is 125 cm³/mol. The van der Waals surface area contributed by atoms with Crippen molar-refractivity contribution < 1.29 is 19.1 Å². The van der Waals surface area contributed by atoms with Gasteiger partial charge in [-0.2, -0.15) is 0 Å². The Morgan fingerprint density at radius 3 is 2.61 bits per heavy atom. The van der Waals surface area contributed by atoms with Gasteiger partial charge in [-0.1, -0.05) is 37.3 Å². The fourth-order valence-corrected chi connectivity index (χ4v) is 5.33. The highest BCUT2D eigenvalue weighted by molar-refractivity contribution is 5.98. The average Bonchev–Trinajstić information content (AvgIpc) is 3.22. The van der Waals surface area contributed by atoms with Crippen LogP contribution in [0.5, 0.6) is 11.5 Å². The maximum absolute atomic E-state index is 13.7. The molecule has 2 aliphatic heterocycles. The molecule has 1 saturated heterocycles. The lowest BCUT2D eigenvalue weighted by molar-refractivity contribution is -0.160. The number of methoxy groups -OCH3 is 2. The molecule has 3 atom stereocenters. The lowest BCUT2D eigenvalue weighted by Gasteiger charge is -2.48. The third-order valence-corrected chi connectivity index (χ3v) is 7.14. The van der Waals surface area contributed by atoms with Crippen LogP contribution in [0.1, 0.15) is 43.1 Å². The minimum atomic E-state index is -0.562. The molecule has 0 radical (unpaired) electrons. The highest BCUT2D eigenvalue weighted by Crippen LogP contribution is 2.47. The number of ether oxygens (including phenoxy) is 2. The average molecular weight is 448 g/mol. The number of carbonyl (C=O) groups is 2. The van der Waals surface area contributed by atoms with E-state index >= 15 is 0 Å². The van der Waals surface area contributed by atoms with Crippen LogP contribution in [0, 0.1) is 0 Å². The molecule has 0 saturated carbocycles. The highest BCUT2D eigenvalue weighted by Gasteiger charge is 2.49. The number of rotatable bonds is 5. The lowest BCUT2D eigenvalue weighted by atomic mass is 9.85. The third-order valence-electron chi connectivity index (χ3n) is 7.14. The van der Waals surface area contributed by atoms with Crippen molar-refractivity contribution >= 4 is 22.7 Å². The van der Waals surface area contributed by atoms with E-state index in [-0.39, 0.29) is 24.4 Å². The molecule has 1 fully saturated rings. The summed E-state index contributed by atoms with van der Waals surface area (Å²) in [5.41, 5.74) is 3.80. The Kier molecular flexibility index (Phi) is 5.27. The summed E-state index contributed by atoms with van der Waals surface area (Å²) in [5.74, 6) is 1.11. The molecule has 172 valence electrons. The van der Waals surface area contributed by atoms with Crippen molar-refractivity contribution in [2.75, 3.05) is 20.8 Å². The summed E-state index contributed by atoms with van der Waals surface area (Å²) in [7, 11) is 3.20. The second-order valence-corrected chi connectivity index (χ2v) is 8.79. The van der Waals surface area contributed by atoms with Gasteiger partial charge < -0.3 is 24.3 Å². The number of carbonyl (C=O) groups excluding carboxylic acids is 2. The molecule has 5 rings (SSSR count). The maximum atomic E-state index is 13.7. The quantitative estimate of drug-likeness (QED) is 0.648. The van der Waals surface area contributed by atoms with E-state index in [1.54, 1.807) is 24.0 Å². The van der Waals surface area contributed by atoms with Gasteiger partial charge in [0.05, 0.1) is 14.2 Å². The van der Waals surface area contributed by atoms with E-state index in [0.717, 1.165) is 34.1 Å².